The molecule has 2 nitrogen and oxygen atoms in total. The molecule has 3 aromatic rings. The SMILES string of the molecule is Cc1ccc(-c2cc3ccccn3c2CN)cc1. The van der Waals surface area contributed by atoms with Crippen molar-refractivity contribution in [2.45, 2.75) is 13.5 Å². The summed E-state index contributed by atoms with van der Waals surface area (Å²) >= 11 is 0. The first kappa shape index (κ1) is 11.1. The maximum atomic E-state index is 5.91. The van der Waals surface area contributed by atoms with Gasteiger partial charge >= 0.3 is 0 Å². The number of fused-ring (bicyclic) bond motifs is 1. The molecule has 0 aliphatic carbocycles. The molecule has 0 saturated carbocycles. The van der Waals surface area contributed by atoms with E-state index in [4.69, 9.17) is 5.73 Å². The van der Waals surface area contributed by atoms with Gasteiger partial charge in [0.2, 0.25) is 0 Å². The Morgan fingerprint density at radius 2 is 1.83 bits per heavy atom. The van der Waals surface area contributed by atoms with Gasteiger partial charge in [-0.2, -0.15) is 0 Å². The second-order valence-electron chi connectivity index (χ2n) is 4.57. The Morgan fingerprint density at radius 3 is 2.56 bits per heavy atom. The summed E-state index contributed by atoms with van der Waals surface area (Å²) < 4.78 is 2.16. The van der Waals surface area contributed by atoms with Gasteiger partial charge in [-0.05, 0) is 30.7 Å². The number of hydrogen-bond donors (Lipinski definition) is 1. The average Bonchev–Trinajstić information content (AvgIpc) is 2.78. The third-order valence-electron chi connectivity index (χ3n) is 3.34. The first-order valence-corrected chi connectivity index (χ1v) is 6.15. The lowest BCUT2D eigenvalue weighted by atomic mass is 10.0. The molecule has 0 saturated heterocycles. The Kier molecular flexibility index (Phi) is 2.65. The van der Waals surface area contributed by atoms with Gasteiger partial charge in [0, 0.05) is 29.5 Å². The van der Waals surface area contributed by atoms with Crippen molar-refractivity contribution in [2.75, 3.05) is 0 Å². The van der Waals surface area contributed by atoms with E-state index in [-0.39, 0.29) is 0 Å². The maximum absolute atomic E-state index is 5.91. The van der Waals surface area contributed by atoms with Crippen LogP contribution in [0.15, 0.2) is 54.7 Å². The molecule has 3 rings (SSSR count). The maximum Gasteiger partial charge on any atom is 0.0459 e. The molecule has 18 heavy (non-hydrogen) atoms. The Labute approximate surface area is 107 Å². The number of benzene rings is 1. The number of nitrogens with zero attached hydrogens (tertiary/aromatic N) is 1. The highest BCUT2D eigenvalue weighted by Gasteiger charge is 2.09. The minimum atomic E-state index is 0.543. The number of hydrogen-bond acceptors (Lipinski definition) is 1. The van der Waals surface area contributed by atoms with E-state index >= 15 is 0 Å². The van der Waals surface area contributed by atoms with Crippen LogP contribution in [0.3, 0.4) is 0 Å². The number of aryl methyl sites for hydroxylation is 1. The van der Waals surface area contributed by atoms with Crippen LogP contribution in [0.4, 0.5) is 0 Å². The van der Waals surface area contributed by atoms with Gasteiger partial charge in [0.15, 0.2) is 0 Å². The van der Waals surface area contributed by atoms with E-state index in [0.29, 0.717) is 6.54 Å². The molecule has 0 atom stereocenters. The predicted molar refractivity (Wildman–Crippen MR) is 75.5 cm³/mol. The molecular formula is C16H16N2. The number of pyridine rings is 1. The van der Waals surface area contributed by atoms with Gasteiger partial charge in [-0.3, -0.25) is 0 Å². The number of nitrogens with two attached hydrogens (primary N) is 1. The highest BCUT2D eigenvalue weighted by atomic mass is 14.9. The van der Waals surface area contributed by atoms with Crippen molar-refractivity contribution in [3.8, 4) is 11.1 Å². The van der Waals surface area contributed by atoms with E-state index in [1.54, 1.807) is 0 Å². The smallest absolute Gasteiger partial charge is 0.0459 e. The summed E-state index contributed by atoms with van der Waals surface area (Å²) in [4.78, 5) is 0. The van der Waals surface area contributed by atoms with E-state index in [9.17, 15) is 0 Å². The highest BCUT2D eigenvalue weighted by molar-refractivity contribution is 5.74. The fourth-order valence-electron chi connectivity index (χ4n) is 2.37. The van der Waals surface area contributed by atoms with Crippen LogP contribution < -0.4 is 5.73 Å². The van der Waals surface area contributed by atoms with E-state index in [0.717, 1.165) is 5.69 Å². The predicted octanol–water partition coefficient (Wildman–Crippen LogP) is 3.37. The summed E-state index contributed by atoms with van der Waals surface area (Å²) in [5.41, 5.74) is 12.0. The first-order chi connectivity index (χ1) is 8.79. The van der Waals surface area contributed by atoms with Gasteiger partial charge in [-0.25, -0.2) is 0 Å². The molecule has 0 fully saturated rings. The van der Waals surface area contributed by atoms with E-state index in [1.807, 2.05) is 6.07 Å². The second kappa shape index (κ2) is 4.31. The normalized spacial score (nSPS) is 11.0. The van der Waals surface area contributed by atoms with Crippen LogP contribution in [0.25, 0.3) is 16.6 Å². The summed E-state index contributed by atoms with van der Waals surface area (Å²) in [5.74, 6) is 0. The van der Waals surface area contributed by atoms with E-state index in [1.165, 1.54) is 22.2 Å². The summed E-state index contributed by atoms with van der Waals surface area (Å²) in [6, 6.07) is 17.0. The Bertz CT molecular complexity index is 678. The molecule has 0 unspecified atom stereocenters. The highest BCUT2D eigenvalue weighted by Crippen LogP contribution is 2.27. The van der Waals surface area contributed by atoms with Crippen molar-refractivity contribution in [3.05, 3.63) is 66.0 Å². The summed E-state index contributed by atoms with van der Waals surface area (Å²) in [6.07, 6.45) is 2.06. The van der Waals surface area contributed by atoms with Crippen LogP contribution in [0.5, 0.6) is 0 Å². The molecule has 90 valence electrons. The topological polar surface area (TPSA) is 30.4 Å². The summed E-state index contributed by atoms with van der Waals surface area (Å²) in [7, 11) is 0. The molecule has 2 heterocycles. The number of rotatable bonds is 2. The first-order valence-electron chi connectivity index (χ1n) is 6.15. The lowest BCUT2D eigenvalue weighted by Gasteiger charge is -2.04. The van der Waals surface area contributed by atoms with Crippen molar-refractivity contribution in [1.29, 1.82) is 0 Å². The van der Waals surface area contributed by atoms with E-state index < -0.39 is 0 Å². The zero-order chi connectivity index (χ0) is 12.5. The van der Waals surface area contributed by atoms with Crippen molar-refractivity contribution < 1.29 is 0 Å². The standard InChI is InChI=1S/C16H16N2/c1-12-5-7-13(8-6-12)15-10-14-4-2-3-9-18(14)16(15)11-17/h2-10H,11,17H2,1H3. The van der Waals surface area contributed by atoms with Crippen molar-refractivity contribution in [2.24, 2.45) is 5.73 Å². The molecule has 2 N–H and O–H groups in total. The van der Waals surface area contributed by atoms with Gasteiger partial charge in [0.25, 0.3) is 0 Å². The van der Waals surface area contributed by atoms with Gasteiger partial charge in [-0.1, -0.05) is 35.9 Å². The van der Waals surface area contributed by atoms with Gasteiger partial charge in [-0.15, -0.1) is 0 Å². The van der Waals surface area contributed by atoms with E-state index in [2.05, 4.69) is 60.0 Å². The van der Waals surface area contributed by atoms with Crippen LogP contribution in [-0.2, 0) is 6.54 Å². The van der Waals surface area contributed by atoms with Crippen LogP contribution in [0.2, 0.25) is 0 Å². The van der Waals surface area contributed by atoms with Crippen molar-refractivity contribution >= 4 is 5.52 Å². The van der Waals surface area contributed by atoms with Crippen LogP contribution >= 0.6 is 0 Å². The Morgan fingerprint density at radius 1 is 1.06 bits per heavy atom. The molecule has 1 aromatic carbocycles. The zero-order valence-corrected chi connectivity index (χ0v) is 10.4. The van der Waals surface area contributed by atoms with Crippen LogP contribution in [-0.4, -0.2) is 4.40 Å². The minimum absolute atomic E-state index is 0.543. The second-order valence-corrected chi connectivity index (χ2v) is 4.57. The van der Waals surface area contributed by atoms with Gasteiger partial charge in [0.05, 0.1) is 0 Å². The zero-order valence-electron chi connectivity index (χ0n) is 10.4. The van der Waals surface area contributed by atoms with Crippen molar-refractivity contribution in [3.63, 3.8) is 0 Å². The Balaban J connectivity index is 2.25. The van der Waals surface area contributed by atoms with Crippen LogP contribution in [0.1, 0.15) is 11.3 Å². The third kappa shape index (κ3) is 1.71. The number of aromatic nitrogens is 1. The minimum Gasteiger partial charge on any atom is -0.325 e. The molecule has 0 bridgehead atoms. The molecule has 0 aliphatic heterocycles. The lowest BCUT2D eigenvalue weighted by Crippen LogP contribution is -2.02. The molecule has 0 spiro atoms. The molecule has 0 amide bonds. The molecule has 2 aromatic heterocycles. The largest absolute Gasteiger partial charge is 0.325 e. The quantitative estimate of drug-likeness (QED) is 0.726. The third-order valence-corrected chi connectivity index (χ3v) is 3.34. The molecule has 0 radical (unpaired) electrons. The molecular weight excluding hydrogens is 220 g/mol. The molecule has 0 aliphatic rings. The fraction of sp³-hybridized carbons (Fsp3) is 0.125. The van der Waals surface area contributed by atoms with Crippen molar-refractivity contribution in [1.82, 2.24) is 4.40 Å². The van der Waals surface area contributed by atoms with Crippen LogP contribution in [0, 0.1) is 6.92 Å². The monoisotopic (exact) mass is 236 g/mol. The lowest BCUT2D eigenvalue weighted by molar-refractivity contribution is 0.962. The summed E-state index contributed by atoms with van der Waals surface area (Å²) in [6.45, 7) is 2.64. The average molecular weight is 236 g/mol. The van der Waals surface area contributed by atoms with Gasteiger partial charge < -0.3 is 10.1 Å². The Hall–Kier alpha value is -2.06. The van der Waals surface area contributed by atoms with Gasteiger partial charge in [0.1, 0.15) is 0 Å². The molecule has 2 heteroatoms. The summed E-state index contributed by atoms with van der Waals surface area (Å²) in [5, 5.41) is 0. The fourth-order valence-corrected chi connectivity index (χ4v) is 2.37.